The summed E-state index contributed by atoms with van der Waals surface area (Å²) in [6, 6.07) is 19.5. The van der Waals surface area contributed by atoms with E-state index in [0.717, 1.165) is 30.8 Å². The number of benzene rings is 2. The highest BCUT2D eigenvalue weighted by molar-refractivity contribution is 7.07. The van der Waals surface area contributed by atoms with E-state index in [1.165, 1.54) is 18.4 Å². The molecule has 3 heterocycles. The van der Waals surface area contributed by atoms with Gasteiger partial charge in [0.1, 0.15) is 12.4 Å². The van der Waals surface area contributed by atoms with Crippen LogP contribution < -0.4 is 10.1 Å². The van der Waals surface area contributed by atoms with E-state index in [1.807, 2.05) is 29.6 Å². The predicted octanol–water partition coefficient (Wildman–Crippen LogP) is 4.65. The molecule has 2 aliphatic rings. The van der Waals surface area contributed by atoms with Crippen molar-refractivity contribution in [2.75, 3.05) is 0 Å². The van der Waals surface area contributed by atoms with Crippen molar-refractivity contribution in [1.29, 1.82) is 0 Å². The lowest BCUT2D eigenvalue weighted by molar-refractivity contribution is 0.0828. The molecule has 6 heteroatoms. The summed E-state index contributed by atoms with van der Waals surface area (Å²) in [7, 11) is 0. The van der Waals surface area contributed by atoms with Crippen molar-refractivity contribution in [2.45, 2.75) is 57.0 Å². The molecule has 2 saturated heterocycles. The van der Waals surface area contributed by atoms with Crippen molar-refractivity contribution in [2.24, 2.45) is 0 Å². The Morgan fingerprint density at radius 3 is 2.48 bits per heavy atom. The molecule has 0 radical (unpaired) electrons. The second-order valence-electron chi connectivity index (χ2n) is 8.48. The van der Waals surface area contributed by atoms with Crippen molar-refractivity contribution >= 4 is 17.2 Å². The van der Waals surface area contributed by atoms with Crippen molar-refractivity contribution < 1.29 is 9.53 Å². The fourth-order valence-corrected chi connectivity index (χ4v) is 5.42. The van der Waals surface area contributed by atoms with Crippen molar-refractivity contribution in [3.8, 4) is 5.75 Å². The van der Waals surface area contributed by atoms with E-state index in [2.05, 4.69) is 45.5 Å². The van der Waals surface area contributed by atoms with Crippen molar-refractivity contribution in [3.05, 3.63) is 82.3 Å². The summed E-state index contributed by atoms with van der Waals surface area (Å²) in [6.45, 7) is 1.46. The van der Waals surface area contributed by atoms with Gasteiger partial charge >= 0.3 is 0 Å². The molecule has 0 aliphatic carbocycles. The number of rotatable bonds is 7. The zero-order valence-electron chi connectivity index (χ0n) is 17.4. The van der Waals surface area contributed by atoms with Gasteiger partial charge in [-0.3, -0.25) is 9.69 Å². The standard InChI is InChI=1S/C25H27N3O2S/c29-25(19-6-10-24(11-7-19)30-15-21-16-31-17-26-21)27-20-12-22-8-9-23(13-20)28(22)14-18-4-2-1-3-5-18/h1-7,10-11,16-17,20,22-23H,8-9,12-15H2,(H,27,29). The third kappa shape index (κ3) is 4.81. The number of nitrogens with zero attached hydrogens (tertiary/aromatic N) is 2. The monoisotopic (exact) mass is 433 g/mol. The first-order valence-electron chi connectivity index (χ1n) is 10.9. The number of carbonyl (C=O) groups is 1. The maximum absolute atomic E-state index is 12.8. The topological polar surface area (TPSA) is 54.5 Å². The van der Waals surface area contributed by atoms with Crippen LogP contribution in [-0.4, -0.2) is 33.9 Å². The summed E-state index contributed by atoms with van der Waals surface area (Å²) in [5.74, 6) is 0.753. The second kappa shape index (κ2) is 9.20. The highest BCUT2D eigenvalue weighted by Crippen LogP contribution is 2.37. The maximum Gasteiger partial charge on any atom is 0.251 e. The zero-order chi connectivity index (χ0) is 21.0. The maximum atomic E-state index is 12.8. The van der Waals surface area contributed by atoms with Crippen LogP contribution in [0.3, 0.4) is 0 Å². The first-order chi connectivity index (χ1) is 15.2. The Morgan fingerprint density at radius 1 is 1.06 bits per heavy atom. The molecule has 1 amide bonds. The van der Waals surface area contributed by atoms with Crippen LogP contribution in [0.4, 0.5) is 0 Å². The Morgan fingerprint density at radius 2 is 1.81 bits per heavy atom. The van der Waals surface area contributed by atoms with Crippen LogP contribution >= 0.6 is 11.3 Å². The van der Waals surface area contributed by atoms with E-state index in [9.17, 15) is 4.79 Å². The summed E-state index contributed by atoms with van der Waals surface area (Å²) < 4.78 is 5.74. The predicted molar refractivity (Wildman–Crippen MR) is 122 cm³/mol. The highest BCUT2D eigenvalue weighted by Gasteiger charge is 2.40. The van der Waals surface area contributed by atoms with E-state index in [0.29, 0.717) is 24.3 Å². The lowest BCUT2D eigenvalue weighted by atomic mass is 9.96. The highest BCUT2D eigenvalue weighted by atomic mass is 32.1. The van der Waals surface area contributed by atoms with Crippen LogP contribution in [0.15, 0.2) is 65.5 Å². The van der Waals surface area contributed by atoms with Crippen molar-refractivity contribution in [3.63, 3.8) is 0 Å². The molecule has 2 atom stereocenters. The van der Waals surface area contributed by atoms with Gasteiger partial charge in [-0.05, 0) is 55.5 Å². The summed E-state index contributed by atoms with van der Waals surface area (Å²) in [6.07, 6.45) is 4.53. The zero-order valence-corrected chi connectivity index (χ0v) is 18.3. The molecule has 5 nitrogen and oxygen atoms in total. The molecule has 3 aromatic rings. The van der Waals surface area contributed by atoms with Crippen LogP contribution in [0.25, 0.3) is 0 Å². The Balaban J connectivity index is 1.14. The molecule has 0 spiro atoms. The Bertz CT molecular complexity index is 977. The van der Waals surface area contributed by atoms with E-state index in [-0.39, 0.29) is 11.9 Å². The second-order valence-corrected chi connectivity index (χ2v) is 9.20. The summed E-state index contributed by atoms with van der Waals surface area (Å²) in [4.78, 5) is 19.7. The fourth-order valence-electron chi connectivity index (χ4n) is 4.88. The lowest BCUT2D eigenvalue weighted by Crippen LogP contribution is -2.49. The number of amides is 1. The molecule has 2 unspecified atom stereocenters. The number of hydrogen-bond donors (Lipinski definition) is 1. The summed E-state index contributed by atoms with van der Waals surface area (Å²) in [5, 5.41) is 5.25. The number of nitrogens with one attached hydrogen (secondary N) is 1. The molecule has 2 fully saturated rings. The van der Waals surface area contributed by atoms with Gasteiger partial charge in [0.05, 0.1) is 11.2 Å². The lowest BCUT2D eigenvalue weighted by Gasteiger charge is -2.39. The molecule has 1 aromatic heterocycles. The molecule has 2 aliphatic heterocycles. The first-order valence-corrected chi connectivity index (χ1v) is 11.9. The Labute approximate surface area is 187 Å². The molecule has 2 aromatic carbocycles. The van der Waals surface area contributed by atoms with E-state index in [4.69, 9.17) is 4.74 Å². The van der Waals surface area contributed by atoms with Crippen molar-refractivity contribution in [1.82, 2.24) is 15.2 Å². The SMILES string of the molecule is O=C(NC1CC2CCC(C1)N2Cc1ccccc1)c1ccc(OCc2cscn2)cc1. The van der Waals surface area contributed by atoms with Gasteiger partial charge < -0.3 is 10.1 Å². The van der Waals surface area contributed by atoms with E-state index >= 15 is 0 Å². The van der Waals surface area contributed by atoms with Crippen LogP contribution in [0, 0.1) is 0 Å². The number of piperidine rings is 1. The Kier molecular flexibility index (Phi) is 6.00. The molecule has 0 saturated carbocycles. The number of carbonyl (C=O) groups excluding carboxylic acids is 1. The van der Waals surface area contributed by atoms with Gasteiger partial charge in [0, 0.05) is 35.6 Å². The van der Waals surface area contributed by atoms with Crippen LogP contribution in [-0.2, 0) is 13.2 Å². The summed E-state index contributed by atoms with van der Waals surface area (Å²) >= 11 is 1.56. The number of fused-ring (bicyclic) bond motifs is 2. The number of hydrogen-bond acceptors (Lipinski definition) is 5. The molecule has 2 bridgehead atoms. The van der Waals surface area contributed by atoms with E-state index < -0.39 is 0 Å². The minimum atomic E-state index is 0.00645. The number of aromatic nitrogens is 1. The van der Waals surface area contributed by atoms with E-state index in [1.54, 1.807) is 16.8 Å². The molecule has 160 valence electrons. The smallest absolute Gasteiger partial charge is 0.251 e. The average molecular weight is 434 g/mol. The molecule has 31 heavy (non-hydrogen) atoms. The third-order valence-corrected chi connectivity index (χ3v) is 7.05. The van der Waals surface area contributed by atoms with Gasteiger partial charge in [-0.1, -0.05) is 30.3 Å². The molecule has 1 N–H and O–H groups in total. The van der Waals surface area contributed by atoms with Gasteiger partial charge in [0.15, 0.2) is 0 Å². The Hall–Kier alpha value is -2.70. The average Bonchev–Trinajstić information content (AvgIpc) is 3.39. The first kappa shape index (κ1) is 20.2. The van der Waals surface area contributed by atoms with Crippen LogP contribution in [0.1, 0.15) is 47.3 Å². The third-order valence-electron chi connectivity index (χ3n) is 6.41. The minimum Gasteiger partial charge on any atom is -0.487 e. The summed E-state index contributed by atoms with van der Waals surface area (Å²) in [5.41, 5.74) is 4.77. The molecular formula is C25H27N3O2S. The van der Waals surface area contributed by atoms with Crippen LogP contribution in [0.2, 0.25) is 0 Å². The van der Waals surface area contributed by atoms with Gasteiger partial charge in [-0.2, -0.15) is 0 Å². The van der Waals surface area contributed by atoms with Gasteiger partial charge in [0.25, 0.3) is 5.91 Å². The number of ether oxygens (including phenoxy) is 1. The quantitative estimate of drug-likeness (QED) is 0.589. The largest absolute Gasteiger partial charge is 0.487 e. The minimum absolute atomic E-state index is 0.00645. The molecule has 5 rings (SSSR count). The van der Waals surface area contributed by atoms with Gasteiger partial charge in [0.2, 0.25) is 0 Å². The molecular weight excluding hydrogens is 406 g/mol. The van der Waals surface area contributed by atoms with Gasteiger partial charge in [-0.25, -0.2) is 4.98 Å². The number of thiazole rings is 1. The van der Waals surface area contributed by atoms with Gasteiger partial charge in [-0.15, -0.1) is 11.3 Å². The normalized spacial score (nSPS) is 22.9. The van der Waals surface area contributed by atoms with Crippen LogP contribution in [0.5, 0.6) is 5.75 Å². The fraction of sp³-hybridized carbons (Fsp3) is 0.360.